The molecule has 0 aliphatic heterocycles. The predicted octanol–water partition coefficient (Wildman–Crippen LogP) is 4.51. The molecule has 1 N–H and O–H groups in total. The van der Waals surface area contributed by atoms with Crippen molar-refractivity contribution in [3.63, 3.8) is 0 Å². The molecule has 2 atom stereocenters. The molecule has 0 bridgehead atoms. The fraction of sp³-hybridized carbons (Fsp3) is 0.278. The molecule has 0 heterocycles. The summed E-state index contributed by atoms with van der Waals surface area (Å²) >= 11 is 3.49. The molecule has 0 radical (unpaired) electrons. The summed E-state index contributed by atoms with van der Waals surface area (Å²) in [5.41, 5.74) is 3.19. The van der Waals surface area contributed by atoms with Crippen molar-refractivity contribution in [1.29, 1.82) is 0 Å². The second-order valence-electron chi connectivity index (χ2n) is 5.69. The van der Waals surface area contributed by atoms with Gasteiger partial charge >= 0.3 is 0 Å². The van der Waals surface area contributed by atoms with Crippen LogP contribution in [0.5, 0.6) is 5.75 Å². The van der Waals surface area contributed by atoms with Crippen LogP contribution in [0.3, 0.4) is 0 Å². The highest BCUT2D eigenvalue weighted by Crippen LogP contribution is 2.48. The van der Waals surface area contributed by atoms with E-state index in [2.05, 4.69) is 21.2 Å². The first-order chi connectivity index (χ1) is 10.6. The number of carbonyl (C=O) groups excluding carboxylic acids is 1. The maximum Gasteiger partial charge on any atom is 0.228 e. The van der Waals surface area contributed by atoms with Gasteiger partial charge in [0.25, 0.3) is 0 Å². The lowest BCUT2D eigenvalue weighted by Gasteiger charge is -2.08. The van der Waals surface area contributed by atoms with E-state index in [0.717, 1.165) is 27.9 Å². The van der Waals surface area contributed by atoms with Crippen LogP contribution in [0.15, 0.2) is 46.9 Å². The van der Waals surface area contributed by atoms with Crippen LogP contribution in [0.4, 0.5) is 5.69 Å². The van der Waals surface area contributed by atoms with E-state index in [-0.39, 0.29) is 11.8 Å². The van der Waals surface area contributed by atoms with Crippen LogP contribution in [0.25, 0.3) is 0 Å². The van der Waals surface area contributed by atoms with Crippen LogP contribution in [-0.2, 0) is 4.79 Å². The SMILES string of the molecule is COc1ccc(C2CC2C(=O)Nc2ccc(C)cc2Br)cc1. The number of rotatable bonds is 4. The van der Waals surface area contributed by atoms with Crippen LogP contribution in [0.1, 0.15) is 23.5 Å². The average Bonchev–Trinajstić information content (AvgIpc) is 3.31. The Hall–Kier alpha value is -1.81. The largest absolute Gasteiger partial charge is 0.497 e. The summed E-state index contributed by atoms with van der Waals surface area (Å²) in [6.07, 6.45) is 0.904. The van der Waals surface area contributed by atoms with Crippen molar-refractivity contribution >= 4 is 27.5 Å². The quantitative estimate of drug-likeness (QED) is 0.871. The Morgan fingerprint density at radius 3 is 2.59 bits per heavy atom. The van der Waals surface area contributed by atoms with Gasteiger partial charge in [0.1, 0.15) is 5.75 Å². The van der Waals surface area contributed by atoms with E-state index in [4.69, 9.17) is 4.74 Å². The summed E-state index contributed by atoms with van der Waals surface area (Å²) < 4.78 is 6.08. The number of methoxy groups -OCH3 is 1. The topological polar surface area (TPSA) is 38.3 Å². The van der Waals surface area contributed by atoms with Crippen LogP contribution >= 0.6 is 15.9 Å². The number of anilines is 1. The number of carbonyl (C=O) groups is 1. The van der Waals surface area contributed by atoms with Crippen LogP contribution in [-0.4, -0.2) is 13.0 Å². The minimum atomic E-state index is 0.0570. The minimum Gasteiger partial charge on any atom is -0.497 e. The summed E-state index contributed by atoms with van der Waals surface area (Å²) in [6.45, 7) is 2.02. The van der Waals surface area contributed by atoms with Gasteiger partial charge in [-0.3, -0.25) is 4.79 Å². The Balaban J connectivity index is 1.64. The molecule has 0 saturated heterocycles. The molecule has 2 aromatic rings. The molecule has 3 rings (SSSR count). The van der Waals surface area contributed by atoms with Crippen LogP contribution < -0.4 is 10.1 Å². The molecule has 2 unspecified atom stereocenters. The fourth-order valence-corrected chi connectivity index (χ4v) is 3.24. The van der Waals surface area contributed by atoms with Gasteiger partial charge in [0.05, 0.1) is 12.8 Å². The normalized spacial score (nSPS) is 19.6. The second kappa shape index (κ2) is 6.13. The van der Waals surface area contributed by atoms with E-state index < -0.39 is 0 Å². The molecular weight excluding hydrogens is 342 g/mol. The summed E-state index contributed by atoms with van der Waals surface area (Å²) in [5.74, 6) is 1.30. The molecule has 1 fully saturated rings. The van der Waals surface area contributed by atoms with Gasteiger partial charge in [-0.25, -0.2) is 0 Å². The molecule has 0 aromatic heterocycles. The summed E-state index contributed by atoms with van der Waals surface area (Å²) in [7, 11) is 1.65. The molecule has 0 spiro atoms. The van der Waals surface area contributed by atoms with E-state index in [1.54, 1.807) is 7.11 Å². The van der Waals surface area contributed by atoms with E-state index in [1.807, 2.05) is 49.4 Å². The highest BCUT2D eigenvalue weighted by Gasteiger charge is 2.43. The maximum absolute atomic E-state index is 12.4. The number of amides is 1. The van der Waals surface area contributed by atoms with Gasteiger partial charge in [-0.1, -0.05) is 18.2 Å². The standard InChI is InChI=1S/C18H18BrNO2/c1-11-3-8-17(16(19)9-11)20-18(21)15-10-14(15)12-4-6-13(22-2)7-5-12/h3-9,14-15H,10H2,1-2H3,(H,20,21). The summed E-state index contributed by atoms with van der Waals surface area (Å²) in [6, 6.07) is 13.9. The number of hydrogen-bond acceptors (Lipinski definition) is 2. The molecule has 2 aromatic carbocycles. The third-order valence-corrected chi connectivity index (χ3v) is 4.71. The van der Waals surface area contributed by atoms with Gasteiger partial charge in [-0.2, -0.15) is 0 Å². The fourth-order valence-electron chi connectivity index (χ4n) is 2.65. The lowest BCUT2D eigenvalue weighted by Crippen LogP contribution is -2.14. The van der Waals surface area contributed by atoms with Gasteiger partial charge in [0, 0.05) is 10.4 Å². The Bertz CT molecular complexity index is 697. The molecule has 3 nitrogen and oxygen atoms in total. The highest BCUT2D eigenvalue weighted by atomic mass is 79.9. The van der Waals surface area contributed by atoms with Crippen molar-refractivity contribution in [3.05, 3.63) is 58.1 Å². The first-order valence-corrected chi connectivity index (χ1v) is 8.09. The first-order valence-electron chi connectivity index (χ1n) is 7.29. The van der Waals surface area contributed by atoms with Gasteiger partial charge in [0.15, 0.2) is 0 Å². The van der Waals surface area contributed by atoms with Crippen LogP contribution in [0, 0.1) is 12.8 Å². The smallest absolute Gasteiger partial charge is 0.228 e. The number of benzene rings is 2. The molecule has 4 heteroatoms. The Labute approximate surface area is 138 Å². The van der Waals surface area contributed by atoms with Crippen molar-refractivity contribution in [3.8, 4) is 5.75 Å². The minimum absolute atomic E-state index is 0.0570. The van der Waals surface area contributed by atoms with Crippen LogP contribution in [0.2, 0.25) is 0 Å². The second-order valence-corrected chi connectivity index (χ2v) is 6.55. The molecule has 22 heavy (non-hydrogen) atoms. The van der Waals surface area contributed by atoms with E-state index in [0.29, 0.717) is 5.92 Å². The molecule has 1 saturated carbocycles. The number of nitrogens with one attached hydrogen (secondary N) is 1. The monoisotopic (exact) mass is 359 g/mol. The van der Waals surface area contributed by atoms with Crippen molar-refractivity contribution in [2.45, 2.75) is 19.3 Å². The third-order valence-electron chi connectivity index (χ3n) is 4.05. The Morgan fingerprint density at radius 2 is 1.95 bits per heavy atom. The average molecular weight is 360 g/mol. The Morgan fingerprint density at radius 1 is 1.23 bits per heavy atom. The molecule has 1 amide bonds. The first kappa shape index (κ1) is 15.1. The van der Waals surface area contributed by atoms with Crippen molar-refractivity contribution < 1.29 is 9.53 Å². The van der Waals surface area contributed by atoms with Gasteiger partial charge in [-0.15, -0.1) is 0 Å². The lowest BCUT2D eigenvalue weighted by molar-refractivity contribution is -0.117. The van der Waals surface area contributed by atoms with E-state index >= 15 is 0 Å². The molecule has 1 aliphatic rings. The van der Waals surface area contributed by atoms with Crippen molar-refractivity contribution in [1.82, 2.24) is 0 Å². The van der Waals surface area contributed by atoms with Crippen molar-refractivity contribution in [2.75, 3.05) is 12.4 Å². The highest BCUT2D eigenvalue weighted by molar-refractivity contribution is 9.10. The van der Waals surface area contributed by atoms with Gasteiger partial charge < -0.3 is 10.1 Å². The number of hydrogen-bond donors (Lipinski definition) is 1. The van der Waals surface area contributed by atoms with E-state index in [1.165, 1.54) is 5.56 Å². The zero-order valence-corrected chi connectivity index (χ0v) is 14.2. The number of ether oxygens (including phenoxy) is 1. The zero-order chi connectivity index (χ0) is 15.7. The predicted molar refractivity (Wildman–Crippen MR) is 91.4 cm³/mol. The molecule has 1 aliphatic carbocycles. The van der Waals surface area contributed by atoms with E-state index in [9.17, 15) is 4.79 Å². The molecular formula is C18H18BrNO2. The number of aryl methyl sites for hydroxylation is 1. The zero-order valence-electron chi connectivity index (χ0n) is 12.6. The van der Waals surface area contributed by atoms with Gasteiger partial charge in [-0.05, 0) is 70.6 Å². The molecule has 114 valence electrons. The maximum atomic E-state index is 12.4. The third kappa shape index (κ3) is 3.17. The van der Waals surface area contributed by atoms with Crippen molar-refractivity contribution in [2.24, 2.45) is 5.92 Å². The summed E-state index contributed by atoms with van der Waals surface area (Å²) in [5, 5.41) is 3.01. The summed E-state index contributed by atoms with van der Waals surface area (Å²) in [4.78, 5) is 12.4. The van der Waals surface area contributed by atoms with Gasteiger partial charge in [0.2, 0.25) is 5.91 Å². The lowest BCUT2D eigenvalue weighted by atomic mass is 10.1. The number of halogens is 1. The Kier molecular flexibility index (Phi) is 4.21.